The Hall–Kier alpha value is -1.32. The van der Waals surface area contributed by atoms with Gasteiger partial charge in [-0.15, -0.1) is 0 Å². The Labute approximate surface area is 154 Å². The van der Waals surface area contributed by atoms with E-state index in [1.807, 2.05) is 13.8 Å². The van der Waals surface area contributed by atoms with Crippen LogP contribution in [0.5, 0.6) is 0 Å². The fourth-order valence-corrected chi connectivity index (χ4v) is 2.34. The molecule has 0 saturated heterocycles. The van der Waals surface area contributed by atoms with Crippen LogP contribution >= 0.6 is 0 Å². The van der Waals surface area contributed by atoms with Gasteiger partial charge in [-0.3, -0.25) is 9.59 Å². The van der Waals surface area contributed by atoms with Crippen molar-refractivity contribution in [1.29, 1.82) is 0 Å². The van der Waals surface area contributed by atoms with E-state index in [1.54, 1.807) is 0 Å². The van der Waals surface area contributed by atoms with Crippen molar-refractivity contribution >= 4 is 11.9 Å². The number of allylic oxidation sites excluding steroid dienone is 2. The van der Waals surface area contributed by atoms with Crippen molar-refractivity contribution in [2.75, 3.05) is 0 Å². The molecule has 0 aromatic rings. The summed E-state index contributed by atoms with van der Waals surface area (Å²) in [5.41, 5.74) is 0. The lowest BCUT2D eigenvalue weighted by atomic mass is 10.1. The van der Waals surface area contributed by atoms with Gasteiger partial charge < -0.3 is 10.2 Å². The summed E-state index contributed by atoms with van der Waals surface area (Å²) in [5, 5.41) is 16.6. The first-order chi connectivity index (χ1) is 11.9. The maximum atomic E-state index is 10.3. The third-order valence-electron chi connectivity index (χ3n) is 3.74. The smallest absolute Gasteiger partial charge is 0.303 e. The van der Waals surface area contributed by atoms with Gasteiger partial charge in [-0.2, -0.15) is 0 Å². The minimum absolute atomic E-state index is 0.275. The van der Waals surface area contributed by atoms with Crippen LogP contribution in [0.25, 0.3) is 0 Å². The number of rotatable bonds is 15. The molecule has 0 aliphatic rings. The van der Waals surface area contributed by atoms with Crippen LogP contribution in [0.15, 0.2) is 12.2 Å². The van der Waals surface area contributed by atoms with E-state index in [9.17, 15) is 9.59 Å². The van der Waals surface area contributed by atoms with E-state index < -0.39 is 11.9 Å². The molecule has 0 amide bonds. The van der Waals surface area contributed by atoms with E-state index in [0.717, 1.165) is 12.8 Å². The van der Waals surface area contributed by atoms with Gasteiger partial charge in [-0.25, -0.2) is 0 Å². The molecule has 0 aliphatic carbocycles. The molecule has 0 unspecified atom stereocenters. The molecule has 0 saturated carbocycles. The lowest BCUT2D eigenvalue weighted by Crippen LogP contribution is -1.99. The molecule has 148 valence electrons. The zero-order chi connectivity index (χ0) is 19.3. The van der Waals surface area contributed by atoms with Gasteiger partial charge in [0.15, 0.2) is 0 Å². The first kappa shape index (κ1) is 25.9. The Morgan fingerprint density at radius 1 is 0.760 bits per heavy atom. The maximum Gasteiger partial charge on any atom is 0.303 e. The van der Waals surface area contributed by atoms with Crippen LogP contribution < -0.4 is 0 Å². The first-order valence-electron chi connectivity index (χ1n) is 9.98. The molecule has 0 aromatic heterocycles. The highest BCUT2D eigenvalue weighted by atomic mass is 16.4. The van der Waals surface area contributed by atoms with E-state index in [2.05, 4.69) is 19.1 Å². The van der Waals surface area contributed by atoms with Crippen LogP contribution in [-0.4, -0.2) is 22.2 Å². The summed E-state index contributed by atoms with van der Waals surface area (Å²) in [4.78, 5) is 20.1. The largest absolute Gasteiger partial charge is 0.481 e. The molecule has 0 rings (SSSR count). The molecule has 4 nitrogen and oxygen atoms in total. The highest BCUT2D eigenvalue weighted by molar-refractivity contribution is 5.67. The highest BCUT2D eigenvalue weighted by Crippen LogP contribution is 2.08. The molecule has 0 heterocycles. The second kappa shape index (κ2) is 20.7. The molecule has 0 bridgehead atoms. The lowest BCUT2D eigenvalue weighted by molar-refractivity contribution is -0.138. The lowest BCUT2D eigenvalue weighted by Gasteiger charge is -1.98. The highest BCUT2D eigenvalue weighted by Gasteiger charge is 1.98. The average Bonchev–Trinajstić information content (AvgIpc) is 2.51. The Kier molecular flexibility index (Phi) is 21.5. The summed E-state index contributed by atoms with van der Waals surface area (Å²) < 4.78 is 0. The molecule has 0 fully saturated rings. The summed E-state index contributed by atoms with van der Waals surface area (Å²) in [6.07, 6.45) is 18.6. The average molecular weight is 357 g/mol. The summed E-state index contributed by atoms with van der Waals surface area (Å²) in [6.45, 7) is 6.01. The molecule has 0 aliphatic heterocycles. The number of aliphatic carboxylic acids is 2. The number of carbonyl (C=O) groups is 2. The molecule has 0 radical (unpaired) electrons. The van der Waals surface area contributed by atoms with E-state index in [-0.39, 0.29) is 12.3 Å². The zero-order valence-corrected chi connectivity index (χ0v) is 16.6. The van der Waals surface area contributed by atoms with Crippen LogP contribution in [0.1, 0.15) is 104 Å². The molecule has 0 spiro atoms. The van der Waals surface area contributed by atoms with Gasteiger partial charge in [0.1, 0.15) is 0 Å². The molecule has 4 heteroatoms. The quantitative estimate of drug-likeness (QED) is 0.261. The molecule has 25 heavy (non-hydrogen) atoms. The Bertz CT molecular complexity index is 335. The Morgan fingerprint density at radius 3 is 1.64 bits per heavy atom. The standard InChI is InChI=1S/C16H30O2.C5H10O2/c1-2-3-4-5-6-7-8-9-10-11-12-13-14-15-16(17)18;1-4(2)3-5(6)7/h7-8H,2-6,9-15H2,1H3,(H,17,18);4H,3H2,1-2H3,(H,6,7)/b8-7-;. The number of carboxylic acid groups (broad SMARTS) is 2. The molecule has 0 aromatic carbocycles. The third kappa shape index (κ3) is 31.0. The third-order valence-corrected chi connectivity index (χ3v) is 3.74. The summed E-state index contributed by atoms with van der Waals surface area (Å²) in [6, 6.07) is 0. The van der Waals surface area contributed by atoms with E-state index >= 15 is 0 Å². The van der Waals surface area contributed by atoms with Crippen molar-refractivity contribution in [3.63, 3.8) is 0 Å². The van der Waals surface area contributed by atoms with Gasteiger partial charge in [0.2, 0.25) is 0 Å². The number of unbranched alkanes of at least 4 members (excludes halogenated alkanes) is 9. The predicted octanol–water partition coefficient (Wildman–Crippen LogP) is 6.45. The van der Waals surface area contributed by atoms with Crippen molar-refractivity contribution < 1.29 is 19.8 Å². The Morgan fingerprint density at radius 2 is 1.24 bits per heavy atom. The van der Waals surface area contributed by atoms with Crippen molar-refractivity contribution in [2.45, 2.75) is 104 Å². The zero-order valence-electron chi connectivity index (χ0n) is 16.6. The van der Waals surface area contributed by atoms with Crippen LogP contribution in [0, 0.1) is 5.92 Å². The number of hydrogen-bond acceptors (Lipinski definition) is 2. The van der Waals surface area contributed by atoms with Crippen molar-refractivity contribution in [1.82, 2.24) is 0 Å². The van der Waals surface area contributed by atoms with Crippen LogP contribution in [-0.2, 0) is 9.59 Å². The van der Waals surface area contributed by atoms with Gasteiger partial charge in [0.05, 0.1) is 0 Å². The normalized spacial score (nSPS) is 10.7. The first-order valence-corrected chi connectivity index (χ1v) is 9.98. The van der Waals surface area contributed by atoms with Crippen molar-refractivity contribution in [3.05, 3.63) is 12.2 Å². The maximum absolute atomic E-state index is 10.3. The topological polar surface area (TPSA) is 74.6 Å². The molecule has 2 N–H and O–H groups in total. The number of carboxylic acids is 2. The second-order valence-corrected chi connectivity index (χ2v) is 7.01. The summed E-state index contributed by atoms with van der Waals surface area (Å²) >= 11 is 0. The van der Waals surface area contributed by atoms with E-state index in [4.69, 9.17) is 10.2 Å². The van der Waals surface area contributed by atoms with Gasteiger partial charge in [-0.1, -0.05) is 71.4 Å². The van der Waals surface area contributed by atoms with Gasteiger partial charge in [0.25, 0.3) is 0 Å². The monoisotopic (exact) mass is 356 g/mol. The molecular formula is C21H40O4. The van der Waals surface area contributed by atoms with Crippen LogP contribution in [0.4, 0.5) is 0 Å². The summed E-state index contributed by atoms with van der Waals surface area (Å²) in [7, 11) is 0. The van der Waals surface area contributed by atoms with E-state index in [1.165, 1.54) is 57.8 Å². The van der Waals surface area contributed by atoms with E-state index in [0.29, 0.717) is 6.42 Å². The fourth-order valence-electron chi connectivity index (χ4n) is 2.34. The summed E-state index contributed by atoms with van der Waals surface area (Å²) in [5.74, 6) is -1.10. The van der Waals surface area contributed by atoms with Crippen molar-refractivity contribution in [3.8, 4) is 0 Å². The predicted molar refractivity (Wildman–Crippen MR) is 105 cm³/mol. The minimum atomic E-state index is -0.713. The van der Waals surface area contributed by atoms with Gasteiger partial charge in [0, 0.05) is 12.8 Å². The Balaban J connectivity index is 0. The fraction of sp³-hybridized carbons (Fsp3) is 0.810. The number of hydrogen-bond donors (Lipinski definition) is 2. The second-order valence-electron chi connectivity index (χ2n) is 7.01. The molecule has 0 atom stereocenters. The minimum Gasteiger partial charge on any atom is -0.481 e. The van der Waals surface area contributed by atoms with Crippen LogP contribution in [0.2, 0.25) is 0 Å². The van der Waals surface area contributed by atoms with Crippen molar-refractivity contribution in [2.24, 2.45) is 5.92 Å². The van der Waals surface area contributed by atoms with Crippen LogP contribution in [0.3, 0.4) is 0 Å². The molecular weight excluding hydrogens is 316 g/mol. The van der Waals surface area contributed by atoms with Gasteiger partial charge >= 0.3 is 11.9 Å². The SMILES string of the molecule is CC(C)CC(=O)O.CCCCCC/C=C\CCCCCCCC(=O)O. The van der Waals surface area contributed by atoms with Gasteiger partial charge in [-0.05, 0) is 38.0 Å².